The highest BCUT2D eigenvalue weighted by Crippen LogP contribution is 2.37. The van der Waals surface area contributed by atoms with Gasteiger partial charge in [0.1, 0.15) is 24.0 Å². The van der Waals surface area contributed by atoms with Crippen molar-refractivity contribution in [2.45, 2.75) is 63.6 Å². The van der Waals surface area contributed by atoms with Crippen molar-refractivity contribution in [2.75, 3.05) is 49.5 Å². The fourth-order valence-corrected chi connectivity index (χ4v) is 9.01. The highest BCUT2D eigenvalue weighted by atomic mass is 19.3. The first-order chi connectivity index (χ1) is 28.5. The second kappa shape index (κ2) is 15.5. The third-order valence-corrected chi connectivity index (χ3v) is 12.1. The lowest BCUT2D eigenvalue weighted by Crippen LogP contribution is -2.54. The maximum Gasteiger partial charge on any atom is 0.272 e. The van der Waals surface area contributed by atoms with Crippen molar-refractivity contribution in [3.8, 4) is 5.75 Å². The topological polar surface area (TPSA) is 179 Å². The van der Waals surface area contributed by atoms with Gasteiger partial charge < -0.3 is 24.8 Å². The van der Waals surface area contributed by atoms with Crippen LogP contribution in [0, 0.1) is 5.92 Å². The Morgan fingerprint density at radius 2 is 1.69 bits per heavy atom. The first-order valence-electron chi connectivity index (χ1n) is 19.8. The minimum atomic E-state index is -2.76. The van der Waals surface area contributed by atoms with Crippen LogP contribution in [-0.4, -0.2) is 123 Å². The summed E-state index contributed by atoms with van der Waals surface area (Å²) < 4.78 is 33.3. The van der Waals surface area contributed by atoms with E-state index in [1.54, 1.807) is 30.5 Å². The summed E-state index contributed by atoms with van der Waals surface area (Å²) >= 11 is 0. The van der Waals surface area contributed by atoms with Crippen molar-refractivity contribution in [1.29, 1.82) is 0 Å². The lowest BCUT2D eigenvalue weighted by atomic mass is 9.94. The van der Waals surface area contributed by atoms with Crippen LogP contribution < -0.4 is 20.3 Å². The van der Waals surface area contributed by atoms with Crippen LogP contribution in [0.3, 0.4) is 0 Å². The van der Waals surface area contributed by atoms with Crippen LogP contribution in [0.15, 0.2) is 55.0 Å². The highest BCUT2D eigenvalue weighted by Gasteiger charge is 2.45. The summed E-state index contributed by atoms with van der Waals surface area (Å²) in [4.78, 5) is 89.3. The Bertz CT molecular complexity index is 2390. The number of anilines is 2. The Morgan fingerprint density at radius 3 is 2.46 bits per heavy atom. The fourth-order valence-electron chi connectivity index (χ4n) is 9.01. The van der Waals surface area contributed by atoms with E-state index in [9.17, 15) is 37.5 Å². The molecular weight excluding hydrogens is 769 g/mol. The molecule has 0 radical (unpaired) electrons. The summed E-state index contributed by atoms with van der Waals surface area (Å²) in [5, 5.41) is 9.13. The number of hydrogen-bond acceptors (Lipinski definition) is 11. The van der Waals surface area contributed by atoms with E-state index in [2.05, 4.69) is 30.5 Å². The average Bonchev–Trinajstić information content (AvgIpc) is 3.88. The van der Waals surface area contributed by atoms with E-state index in [0.29, 0.717) is 29.2 Å². The standard InChI is InChI=1S/C41H41F2N9O7/c42-34(43)22-59-33-18-28-24(16-31(33)46-37(54)30-19-45-51-11-1-10-44-36(30)51)21-50(39(28)56)25-8-12-48(13-9-25)20-23-6-14-49(15-7-23)26-2-3-27-29(17-26)41(58)52(40(27)57)32-4-5-35(53)47-38(32)55/h1-3,10-11,16-19,23,25,32,34H,4-9,12-15,20-22H2,(H,46,54)(H,47,53,55). The van der Waals surface area contributed by atoms with Gasteiger partial charge in [-0.2, -0.15) is 5.10 Å². The molecule has 3 saturated heterocycles. The molecule has 1 unspecified atom stereocenters. The number of fused-ring (bicyclic) bond motifs is 3. The number of benzene rings is 2. The minimum Gasteiger partial charge on any atom is -0.485 e. The van der Waals surface area contributed by atoms with Gasteiger partial charge in [0.2, 0.25) is 11.8 Å². The zero-order valence-electron chi connectivity index (χ0n) is 31.9. The summed E-state index contributed by atoms with van der Waals surface area (Å²) in [6, 6.07) is 8.96. The third kappa shape index (κ3) is 7.25. The van der Waals surface area contributed by atoms with Gasteiger partial charge in [-0.25, -0.2) is 18.3 Å². The molecule has 0 aliphatic carbocycles. The molecule has 5 aliphatic heterocycles. The Morgan fingerprint density at radius 1 is 0.915 bits per heavy atom. The Balaban J connectivity index is 0.788. The molecule has 306 valence electrons. The van der Waals surface area contributed by atoms with Crippen molar-refractivity contribution in [2.24, 2.45) is 5.92 Å². The Hall–Kier alpha value is -6.30. The van der Waals surface area contributed by atoms with E-state index in [-0.39, 0.29) is 52.9 Å². The van der Waals surface area contributed by atoms with E-state index in [1.807, 2.05) is 11.0 Å². The normalized spacial score (nSPS) is 20.5. The van der Waals surface area contributed by atoms with Crippen LogP contribution in [0.5, 0.6) is 5.75 Å². The van der Waals surface area contributed by atoms with Crippen LogP contribution in [0.1, 0.15) is 85.5 Å². The Labute approximate surface area is 336 Å². The smallest absolute Gasteiger partial charge is 0.272 e. The van der Waals surface area contributed by atoms with Gasteiger partial charge in [0.25, 0.3) is 30.1 Å². The number of aromatic nitrogens is 3. The van der Waals surface area contributed by atoms with Crippen LogP contribution >= 0.6 is 0 Å². The molecule has 2 aromatic heterocycles. The van der Waals surface area contributed by atoms with Crippen molar-refractivity contribution >= 4 is 52.5 Å². The number of carbonyl (C=O) groups excluding carboxylic acids is 6. The number of imide groups is 2. The van der Waals surface area contributed by atoms with Gasteiger partial charge in [-0.3, -0.25) is 39.0 Å². The number of likely N-dealkylation sites (tertiary alicyclic amines) is 1. The van der Waals surface area contributed by atoms with Gasteiger partial charge in [-0.15, -0.1) is 0 Å². The maximum absolute atomic E-state index is 13.7. The van der Waals surface area contributed by atoms with Crippen molar-refractivity contribution < 1.29 is 42.3 Å². The van der Waals surface area contributed by atoms with E-state index in [1.165, 1.54) is 23.0 Å². The van der Waals surface area contributed by atoms with Gasteiger partial charge in [0.05, 0.1) is 23.0 Å². The third-order valence-electron chi connectivity index (χ3n) is 12.1. The Kier molecular flexibility index (Phi) is 10.0. The molecule has 0 spiro atoms. The molecule has 5 aliphatic rings. The maximum atomic E-state index is 13.7. The van der Waals surface area contributed by atoms with Crippen LogP contribution in [0.25, 0.3) is 5.65 Å². The van der Waals surface area contributed by atoms with E-state index < -0.39 is 48.6 Å². The number of ether oxygens (including phenoxy) is 1. The number of alkyl halides is 2. The summed E-state index contributed by atoms with van der Waals surface area (Å²) in [5.74, 6) is -2.39. The molecule has 2 N–H and O–H groups in total. The van der Waals surface area contributed by atoms with Gasteiger partial charge in [-0.05, 0) is 80.0 Å². The van der Waals surface area contributed by atoms with Crippen LogP contribution in [0.4, 0.5) is 20.2 Å². The molecule has 0 bridgehead atoms. The number of hydrogen-bond donors (Lipinski definition) is 2. The molecule has 3 fully saturated rings. The van der Waals surface area contributed by atoms with Gasteiger partial charge in [-0.1, -0.05) is 0 Å². The van der Waals surface area contributed by atoms with E-state index >= 15 is 0 Å². The zero-order valence-corrected chi connectivity index (χ0v) is 31.9. The molecular formula is C41H41F2N9O7. The monoisotopic (exact) mass is 809 g/mol. The fraction of sp³-hybridized carbons (Fsp3) is 0.415. The zero-order chi connectivity index (χ0) is 40.9. The lowest BCUT2D eigenvalue weighted by molar-refractivity contribution is -0.136. The van der Waals surface area contributed by atoms with Crippen molar-refractivity contribution in [3.63, 3.8) is 0 Å². The summed E-state index contributed by atoms with van der Waals surface area (Å²) in [6.07, 6.45) is 5.40. The molecule has 2 aromatic carbocycles. The minimum absolute atomic E-state index is 0.0124. The predicted molar refractivity (Wildman–Crippen MR) is 206 cm³/mol. The largest absolute Gasteiger partial charge is 0.485 e. The predicted octanol–water partition coefficient (Wildman–Crippen LogP) is 3.36. The number of nitrogens with zero attached hydrogens (tertiary/aromatic N) is 7. The highest BCUT2D eigenvalue weighted by molar-refractivity contribution is 6.23. The number of halogens is 2. The first-order valence-corrected chi connectivity index (χ1v) is 19.8. The molecule has 4 aromatic rings. The molecule has 7 heterocycles. The number of piperidine rings is 3. The number of amides is 6. The summed E-state index contributed by atoms with van der Waals surface area (Å²) in [6.45, 7) is 3.52. The quantitative estimate of drug-likeness (QED) is 0.225. The SMILES string of the molecule is O=C1CCC(N2C(=O)c3ccc(N4CCC(CN5CCC(N6Cc7cc(NC(=O)c8cnn9cccnc89)c(OCC(F)F)cc7C6=O)CC5)CC4)cc3C2=O)C(=O)N1. The van der Waals surface area contributed by atoms with Crippen molar-refractivity contribution in [1.82, 2.24) is 34.6 Å². The summed E-state index contributed by atoms with van der Waals surface area (Å²) in [7, 11) is 0. The second-order valence-corrected chi connectivity index (χ2v) is 15.7. The molecule has 1 atom stereocenters. The van der Waals surface area contributed by atoms with Crippen LogP contribution in [0.2, 0.25) is 0 Å². The lowest BCUT2D eigenvalue weighted by Gasteiger charge is -2.40. The second-order valence-electron chi connectivity index (χ2n) is 15.7. The molecule has 9 rings (SSSR count). The van der Waals surface area contributed by atoms with E-state index in [4.69, 9.17) is 4.74 Å². The number of rotatable bonds is 10. The van der Waals surface area contributed by atoms with E-state index in [0.717, 1.165) is 69.0 Å². The first kappa shape index (κ1) is 38.2. The number of carbonyl (C=O) groups is 6. The summed E-state index contributed by atoms with van der Waals surface area (Å²) in [5.41, 5.74) is 3.11. The average molecular weight is 810 g/mol. The molecule has 16 nitrogen and oxygen atoms in total. The van der Waals surface area contributed by atoms with Gasteiger partial charge >= 0.3 is 0 Å². The van der Waals surface area contributed by atoms with Crippen molar-refractivity contribution in [3.05, 3.63) is 82.8 Å². The van der Waals surface area contributed by atoms with Gasteiger partial charge in [0, 0.05) is 75.4 Å². The van der Waals surface area contributed by atoms with Gasteiger partial charge in [0.15, 0.2) is 5.65 Å². The molecule has 59 heavy (non-hydrogen) atoms. The number of nitrogens with one attached hydrogen (secondary N) is 2. The molecule has 6 amide bonds. The molecule has 18 heteroatoms. The van der Waals surface area contributed by atoms with Crippen LogP contribution in [-0.2, 0) is 16.1 Å². The molecule has 0 saturated carbocycles.